The van der Waals surface area contributed by atoms with Gasteiger partial charge in [0.25, 0.3) is 5.91 Å². The first-order valence-electron chi connectivity index (χ1n) is 8.94. The van der Waals surface area contributed by atoms with Gasteiger partial charge in [-0.05, 0) is 29.6 Å². The third-order valence-corrected chi connectivity index (χ3v) is 6.10. The molecule has 0 unspecified atom stereocenters. The molecule has 1 aliphatic heterocycles. The van der Waals surface area contributed by atoms with Crippen LogP contribution in [0, 0.1) is 11.6 Å². The van der Waals surface area contributed by atoms with Gasteiger partial charge in [0.15, 0.2) is 5.82 Å². The maximum absolute atomic E-state index is 14.4. The van der Waals surface area contributed by atoms with Crippen LogP contribution in [0.25, 0.3) is 10.2 Å². The molecule has 4 rings (SSSR count). The molecular formula is C19H12ClF5N4O2S. The molecule has 0 saturated carbocycles. The molecule has 6 nitrogen and oxygen atoms in total. The Hall–Kier alpha value is -2.99. The lowest BCUT2D eigenvalue weighted by atomic mass is 10.1. The molecule has 1 aliphatic rings. The standard InChI is InChI=1S/C19H12ClF5N4O2S/c1-28(11-3-2-10(21)14(20)15(11)22)17(30)12-7-26-18(31)29(12)13-6-9(19(23,24)25)8-4-5-32-16(8)27-13/h2-6,12H,7H2,1H3,(H,26,31)/t12-/m0/s1. The molecule has 168 valence electrons. The highest BCUT2D eigenvalue weighted by Gasteiger charge is 2.42. The van der Waals surface area contributed by atoms with Crippen molar-refractivity contribution in [1.82, 2.24) is 10.3 Å². The van der Waals surface area contributed by atoms with Crippen molar-refractivity contribution in [2.24, 2.45) is 0 Å². The number of fused-ring (bicyclic) bond motifs is 1. The lowest BCUT2D eigenvalue weighted by molar-refractivity contribution is -0.136. The number of likely N-dealkylation sites (N-methyl/N-ethyl adjacent to an activating group) is 1. The van der Waals surface area contributed by atoms with Crippen molar-refractivity contribution in [2.75, 3.05) is 23.4 Å². The van der Waals surface area contributed by atoms with Crippen molar-refractivity contribution in [1.29, 1.82) is 0 Å². The van der Waals surface area contributed by atoms with E-state index in [1.807, 2.05) is 0 Å². The monoisotopic (exact) mass is 490 g/mol. The average molecular weight is 491 g/mol. The van der Waals surface area contributed by atoms with E-state index in [0.717, 1.165) is 33.3 Å². The number of hydrogen-bond acceptors (Lipinski definition) is 4. The summed E-state index contributed by atoms with van der Waals surface area (Å²) in [6.07, 6.45) is -4.72. The normalized spacial score (nSPS) is 16.5. The van der Waals surface area contributed by atoms with Crippen LogP contribution in [0.3, 0.4) is 0 Å². The minimum atomic E-state index is -4.72. The second-order valence-corrected chi connectivity index (χ2v) is 8.10. The van der Waals surface area contributed by atoms with Gasteiger partial charge in [-0.3, -0.25) is 9.69 Å². The highest BCUT2D eigenvalue weighted by molar-refractivity contribution is 7.16. The summed E-state index contributed by atoms with van der Waals surface area (Å²) >= 11 is 6.51. The van der Waals surface area contributed by atoms with E-state index < -0.39 is 46.4 Å². The number of thiophene rings is 1. The summed E-state index contributed by atoms with van der Waals surface area (Å²) in [5.41, 5.74) is -1.37. The third-order valence-electron chi connectivity index (χ3n) is 4.95. The molecule has 0 spiro atoms. The first-order valence-corrected chi connectivity index (χ1v) is 10.2. The van der Waals surface area contributed by atoms with Gasteiger partial charge in [0, 0.05) is 19.0 Å². The number of amides is 3. The van der Waals surface area contributed by atoms with Gasteiger partial charge in [-0.25, -0.2) is 18.6 Å². The molecule has 3 aromatic rings. The van der Waals surface area contributed by atoms with E-state index in [1.165, 1.54) is 18.5 Å². The predicted molar refractivity (Wildman–Crippen MR) is 109 cm³/mol. The molecule has 3 heterocycles. The SMILES string of the molecule is CN(C(=O)[C@@H]1CNC(=O)N1c1cc(C(F)(F)F)c2ccsc2n1)c1ccc(F)c(Cl)c1F. The number of pyridine rings is 1. The number of urea groups is 1. The summed E-state index contributed by atoms with van der Waals surface area (Å²) in [5.74, 6) is -3.44. The van der Waals surface area contributed by atoms with Gasteiger partial charge in [0.05, 0.1) is 11.3 Å². The topological polar surface area (TPSA) is 65.5 Å². The molecule has 3 amide bonds. The summed E-state index contributed by atoms with van der Waals surface area (Å²) in [6.45, 7) is -0.260. The molecule has 0 bridgehead atoms. The maximum atomic E-state index is 14.4. The maximum Gasteiger partial charge on any atom is 0.417 e. The van der Waals surface area contributed by atoms with E-state index in [4.69, 9.17) is 11.6 Å². The number of rotatable bonds is 3. The van der Waals surface area contributed by atoms with Gasteiger partial charge in [0.1, 0.15) is 27.5 Å². The number of alkyl halides is 3. The van der Waals surface area contributed by atoms with E-state index in [2.05, 4.69) is 10.3 Å². The van der Waals surface area contributed by atoms with E-state index >= 15 is 0 Å². The van der Waals surface area contributed by atoms with E-state index in [0.29, 0.717) is 6.07 Å². The highest BCUT2D eigenvalue weighted by atomic mass is 35.5. The zero-order valence-electron chi connectivity index (χ0n) is 16.0. The molecule has 1 atom stereocenters. The fraction of sp³-hybridized carbons (Fsp3) is 0.211. The first kappa shape index (κ1) is 22.2. The third kappa shape index (κ3) is 3.62. The average Bonchev–Trinajstić information content (AvgIpc) is 3.35. The number of nitrogens with one attached hydrogen (secondary N) is 1. The Morgan fingerprint density at radius 1 is 1.31 bits per heavy atom. The van der Waals surface area contributed by atoms with Gasteiger partial charge < -0.3 is 10.2 Å². The number of carbonyl (C=O) groups excluding carboxylic acids is 2. The predicted octanol–water partition coefficient (Wildman–Crippen LogP) is 4.81. The minimum absolute atomic E-state index is 0.0328. The molecule has 0 aliphatic carbocycles. The molecule has 1 fully saturated rings. The second kappa shape index (κ2) is 7.85. The largest absolute Gasteiger partial charge is 0.417 e. The van der Waals surface area contributed by atoms with Crippen molar-refractivity contribution in [3.8, 4) is 0 Å². The van der Waals surface area contributed by atoms with E-state index in [9.17, 15) is 31.5 Å². The Bertz CT molecular complexity index is 1250. The Kier molecular flexibility index (Phi) is 5.45. The van der Waals surface area contributed by atoms with E-state index in [-0.39, 0.29) is 28.3 Å². The van der Waals surface area contributed by atoms with E-state index in [1.54, 1.807) is 0 Å². The van der Waals surface area contributed by atoms with Crippen molar-refractivity contribution in [3.05, 3.63) is 51.9 Å². The van der Waals surface area contributed by atoms with Crippen LogP contribution in [0.5, 0.6) is 0 Å². The Balaban J connectivity index is 1.75. The fourth-order valence-electron chi connectivity index (χ4n) is 3.37. The van der Waals surface area contributed by atoms with Gasteiger partial charge >= 0.3 is 12.2 Å². The number of carbonyl (C=O) groups is 2. The van der Waals surface area contributed by atoms with Gasteiger partial charge in [-0.1, -0.05) is 11.6 Å². The zero-order chi connectivity index (χ0) is 23.4. The number of nitrogens with zero attached hydrogens (tertiary/aromatic N) is 3. The number of hydrogen-bond donors (Lipinski definition) is 1. The van der Waals surface area contributed by atoms with Crippen molar-refractivity contribution >= 4 is 56.6 Å². The van der Waals surface area contributed by atoms with Crippen LogP contribution in [-0.4, -0.2) is 36.6 Å². The van der Waals surface area contributed by atoms with Crippen molar-refractivity contribution in [3.63, 3.8) is 0 Å². The molecule has 13 heteroatoms. The van der Waals surface area contributed by atoms with Crippen LogP contribution in [0.15, 0.2) is 29.6 Å². The van der Waals surface area contributed by atoms with Crippen LogP contribution in [0.2, 0.25) is 5.02 Å². The lowest BCUT2D eigenvalue weighted by Crippen LogP contribution is -2.47. The molecule has 32 heavy (non-hydrogen) atoms. The highest BCUT2D eigenvalue weighted by Crippen LogP contribution is 2.39. The minimum Gasteiger partial charge on any atom is -0.335 e. The second-order valence-electron chi connectivity index (χ2n) is 6.83. The number of halogens is 6. The summed E-state index contributed by atoms with van der Waals surface area (Å²) in [6, 6.07) is 1.63. The van der Waals surface area contributed by atoms with Crippen LogP contribution < -0.4 is 15.1 Å². The number of aromatic nitrogens is 1. The first-order chi connectivity index (χ1) is 15.0. The summed E-state index contributed by atoms with van der Waals surface area (Å²) in [4.78, 5) is 31.2. The number of anilines is 2. The van der Waals surface area contributed by atoms with Crippen molar-refractivity contribution in [2.45, 2.75) is 12.2 Å². The number of benzene rings is 1. The lowest BCUT2D eigenvalue weighted by Gasteiger charge is -2.27. The summed E-state index contributed by atoms with van der Waals surface area (Å²) < 4.78 is 68.6. The smallest absolute Gasteiger partial charge is 0.335 e. The summed E-state index contributed by atoms with van der Waals surface area (Å²) in [5, 5.41) is 2.86. The Morgan fingerprint density at radius 3 is 2.72 bits per heavy atom. The summed E-state index contributed by atoms with van der Waals surface area (Å²) in [7, 11) is 1.17. The molecule has 0 radical (unpaired) electrons. The van der Waals surface area contributed by atoms with Gasteiger partial charge in [-0.15, -0.1) is 11.3 Å². The Morgan fingerprint density at radius 2 is 2.03 bits per heavy atom. The molecule has 1 saturated heterocycles. The van der Waals surface area contributed by atoms with Crippen LogP contribution >= 0.6 is 22.9 Å². The van der Waals surface area contributed by atoms with Gasteiger partial charge in [-0.2, -0.15) is 13.2 Å². The molecular weight excluding hydrogens is 479 g/mol. The fourth-order valence-corrected chi connectivity index (χ4v) is 4.32. The Labute approximate surface area is 186 Å². The van der Waals surface area contributed by atoms with Gasteiger partial charge in [0.2, 0.25) is 0 Å². The zero-order valence-corrected chi connectivity index (χ0v) is 17.6. The molecule has 1 aromatic carbocycles. The van der Waals surface area contributed by atoms with Crippen LogP contribution in [-0.2, 0) is 11.0 Å². The quantitative estimate of drug-likeness (QED) is 0.423. The van der Waals surface area contributed by atoms with Crippen LogP contribution in [0.1, 0.15) is 5.56 Å². The van der Waals surface area contributed by atoms with Crippen LogP contribution in [0.4, 0.5) is 38.3 Å². The van der Waals surface area contributed by atoms with Crippen molar-refractivity contribution < 1.29 is 31.5 Å². The molecule has 1 N–H and O–H groups in total. The molecule has 2 aromatic heterocycles.